The molecule has 3 aromatic carbocycles. The Hall–Kier alpha value is -3.23. The van der Waals surface area contributed by atoms with Crippen LogP contribution in [0.4, 0.5) is 0 Å². The highest BCUT2D eigenvalue weighted by Crippen LogP contribution is 2.26. The Bertz CT molecular complexity index is 1050. The molecule has 0 bridgehead atoms. The van der Waals surface area contributed by atoms with E-state index in [1.54, 1.807) is 6.07 Å². The molecule has 3 aromatic rings. The first-order valence-electron chi connectivity index (χ1n) is 9.82. The summed E-state index contributed by atoms with van der Waals surface area (Å²) in [5.74, 6) is -0.747. The molecule has 8 heteroatoms. The summed E-state index contributed by atoms with van der Waals surface area (Å²) in [6.07, 6.45) is 0. The number of halogens is 1. The average Bonchev–Trinajstić information content (AvgIpc) is 2.79. The number of aryl methyl sites for hydroxylation is 1. The van der Waals surface area contributed by atoms with E-state index < -0.39 is 11.8 Å². The quantitative estimate of drug-likeness (QED) is 0.344. The summed E-state index contributed by atoms with van der Waals surface area (Å²) in [5.41, 5.74) is 7.91. The maximum Gasteiger partial charge on any atom is 0.264 e. The van der Waals surface area contributed by atoms with Crippen LogP contribution in [0.15, 0.2) is 83.3 Å². The van der Waals surface area contributed by atoms with Gasteiger partial charge in [0.25, 0.3) is 5.91 Å². The zero-order valence-electron chi connectivity index (χ0n) is 17.3. The largest absolute Gasteiger partial charge is 0.483 e. The van der Waals surface area contributed by atoms with Crippen LogP contribution < -0.4 is 20.9 Å². The number of carbonyl (C=O) groups excluding carboxylic acids is 2. The molecule has 3 N–H and O–H groups in total. The van der Waals surface area contributed by atoms with Crippen LogP contribution in [0, 0.1) is 6.92 Å². The van der Waals surface area contributed by atoms with Crippen molar-refractivity contribution in [3.63, 3.8) is 0 Å². The zero-order chi connectivity index (χ0) is 22.9. The van der Waals surface area contributed by atoms with Crippen molar-refractivity contribution < 1.29 is 14.3 Å². The summed E-state index contributed by atoms with van der Waals surface area (Å²) >= 11 is 8.52. The number of nitrogens with one attached hydrogen (secondary N) is 3. The molecule has 0 heterocycles. The maximum absolute atomic E-state index is 12.9. The monoisotopic (exact) mass is 511 g/mol. The van der Waals surface area contributed by atoms with Gasteiger partial charge in [-0.3, -0.25) is 25.8 Å². The van der Waals surface area contributed by atoms with Gasteiger partial charge < -0.3 is 4.74 Å². The molecule has 0 saturated heterocycles. The lowest BCUT2D eigenvalue weighted by molar-refractivity contribution is -0.123. The van der Waals surface area contributed by atoms with Gasteiger partial charge in [-0.1, -0.05) is 66.7 Å². The zero-order valence-corrected chi connectivity index (χ0v) is 19.7. The summed E-state index contributed by atoms with van der Waals surface area (Å²) in [6, 6.07) is 24.4. The van der Waals surface area contributed by atoms with E-state index in [1.807, 2.05) is 79.7 Å². The van der Waals surface area contributed by atoms with E-state index >= 15 is 0 Å². The topological polar surface area (TPSA) is 79.5 Å². The number of rotatable bonds is 6. The van der Waals surface area contributed by atoms with E-state index in [0.717, 1.165) is 21.2 Å². The van der Waals surface area contributed by atoms with Crippen molar-refractivity contribution in [2.75, 3.05) is 6.61 Å². The first kappa shape index (κ1) is 23.4. The number of hydrazine groups is 1. The fraction of sp³-hybridized carbons (Fsp3) is 0.125. The number of hydrogen-bond donors (Lipinski definition) is 3. The first-order chi connectivity index (χ1) is 15.4. The highest BCUT2D eigenvalue weighted by molar-refractivity contribution is 9.10. The molecule has 0 aliphatic rings. The van der Waals surface area contributed by atoms with Crippen LogP contribution in [0.3, 0.4) is 0 Å². The lowest BCUT2D eigenvalue weighted by Gasteiger charge is -2.19. The highest BCUT2D eigenvalue weighted by atomic mass is 79.9. The molecular formula is C24H22BrN3O3S. The van der Waals surface area contributed by atoms with Gasteiger partial charge in [0, 0.05) is 0 Å². The third-order valence-corrected chi connectivity index (χ3v) is 5.35. The van der Waals surface area contributed by atoms with Gasteiger partial charge in [-0.25, -0.2) is 0 Å². The molecule has 32 heavy (non-hydrogen) atoms. The van der Waals surface area contributed by atoms with Crippen molar-refractivity contribution in [2.24, 2.45) is 0 Å². The summed E-state index contributed by atoms with van der Waals surface area (Å²) in [5, 5.41) is 2.45. The minimum absolute atomic E-state index is 0.0326. The number of amides is 2. The van der Waals surface area contributed by atoms with Gasteiger partial charge in [-0.15, -0.1) is 0 Å². The van der Waals surface area contributed by atoms with Gasteiger partial charge in [0.15, 0.2) is 11.7 Å². The Kier molecular flexibility index (Phi) is 8.35. The van der Waals surface area contributed by atoms with E-state index in [2.05, 4.69) is 32.1 Å². The minimum atomic E-state index is -0.536. The van der Waals surface area contributed by atoms with E-state index in [4.69, 9.17) is 17.0 Å². The number of benzene rings is 3. The van der Waals surface area contributed by atoms with Crippen molar-refractivity contribution >= 4 is 45.1 Å². The van der Waals surface area contributed by atoms with Crippen molar-refractivity contribution in [1.29, 1.82) is 0 Å². The Morgan fingerprint density at radius 2 is 1.53 bits per heavy atom. The maximum atomic E-state index is 12.9. The van der Waals surface area contributed by atoms with E-state index in [-0.39, 0.29) is 17.6 Å². The third-order valence-electron chi connectivity index (χ3n) is 4.53. The molecule has 0 aliphatic carbocycles. The van der Waals surface area contributed by atoms with Crippen LogP contribution in [0.5, 0.6) is 5.75 Å². The smallest absolute Gasteiger partial charge is 0.264 e. The molecular weight excluding hydrogens is 490 g/mol. The molecule has 0 aromatic heterocycles. The van der Waals surface area contributed by atoms with Crippen LogP contribution >= 0.6 is 28.1 Å². The molecule has 164 valence electrons. The predicted octanol–water partition coefficient (Wildman–Crippen LogP) is 3.99. The van der Waals surface area contributed by atoms with Gasteiger partial charge >= 0.3 is 0 Å². The van der Waals surface area contributed by atoms with Crippen molar-refractivity contribution in [2.45, 2.75) is 12.8 Å². The fourth-order valence-corrected chi connectivity index (χ4v) is 3.81. The molecule has 2 amide bonds. The molecule has 0 saturated carbocycles. The van der Waals surface area contributed by atoms with Crippen LogP contribution in [0.25, 0.3) is 0 Å². The SMILES string of the molecule is Cc1ccc(OCC(=O)NC(=S)NNC(=O)C(c2ccccc2)c2ccccc2)c(Br)c1. The van der Waals surface area contributed by atoms with E-state index in [1.165, 1.54) is 0 Å². The lowest BCUT2D eigenvalue weighted by atomic mass is 9.91. The molecule has 6 nitrogen and oxygen atoms in total. The van der Waals surface area contributed by atoms with E-state index in [0.29, 0.717) is 5.75 Å². The molecule has 0 atom stereocenters. The van der Waals surface area contributed by atoms with Crippen LogP contribution in [0.1, 0.15) is 22.6 Å². The minimum Gasteiger partial charge on any atom is -0.483 e. The third kappa shape index (κ3) is 6.63. The molecule has 0 fully saturated rings. The Balaban J connectivity index is 1.54. The summed E-state index contributed by atoms with van der Waals surface area (Å²) < 4.78 is 6.26. The van der Waals surface area contributed by atoms with Gasteiger partial charge in [-0.05, 0) is 63.9 Å². The summed E-state index contributed by atoms with van der Waals surface area (Å²) in [7, 11) is 0. The molecule has 0 unspecified atom stereocenters. The van der Waals surface area contributed by atoms with Crippen molar-refractivity contribution in [3.05, 3.63) is 100 Å². The normalized spacial score (nSPS) is 10.3. The van der Waals surface area contributed by atoms with Gasteiger partial charge in [-0.2, -0.15) is 0 Å². The Morgan fingerprint density at radius 3 is 2.09 bits per heavy atom. The first-order valence-corrected chi connectivity index (χ1v) is 11.0. The predicted molar refractivity (Wildman–Crippen MR) is 131 cm³/mol. The molecule has 3 rings (SSSR count). The highest BCUT2D eigenvalue weighted by Gasteiger charge is 2.22. The Labute approximate surface area is 200 Å². The van der Waals surface area contributed by atoms with Crippen LogP contribution in [-0.4, -0.2) is 23.5 Å². The van der Waals surface area contributed by atoms with E-state index in [9.17, 15) is 9.59 Å². The van der Waals surface area contributed by atoms with Crippen LogP contribution in [-0.2, 0) is 9.59 Å². The Morgan fingerprint density at radius 1 is 0.938 bits per heavy atom. The molecule has 0 spiro atoms. The average molecular weight is 512 g/mol. The van der Waals surface area contributed by atoms with Crippen LogP contribution in [0.2, 0.25) is 0 Å². The molecule has 0 radical (unpaired) electrons. The standard InChI is InChI=1S/C24H22BrN3O3S/c1-16-12-13-20(19(25)14-16)31-15-21(29)26-24(32)28-27-23(30)22(17-8-4-2-5-9-17)18-10-6-3-7-11-18/h2-14,22H,15H2,1H3,(H,27,30)(H2,26,28,29,32). The fourth-order valence-electron chi connectivity index (χ4n) is 3.04. The van der Waals surface area contributed by atoms with Crippen molar-refractivity contribution in [1.82, 2.24) is 16.2 Å². The summed E-state index contributed by atoms with van der Waals surface area (Å²) in [6.45, 7) is 1.73. The van der Waals surface area contributed by atoms with Gasteiger partial charge in [0.1, 0.15) is 5.75 Å². The number of thiocarbonyl (C=S) groups is 1. The molecule has 0 aliphatic heterocycles. The number of carbonyl (C=O) groups is 2. The van der Waals surface area contributed by atoms with Crippen molar-refractivity contribution in [3.8, 4) is 5.75 Å². The lowest BCUT2D eigenvalue weighted by Crippen LogP contribution is -2.50. The number of hydrogen-bond acceptors (Lipinski definition) is 4. The second-order valence-corrected chi connectivity index (χ2v) is 8.23. The van der Waals surface area contributed by atoms with Gasteiger partial charge in [0.2, 0.25) is 5.91 Å². The summed E-state index contributed by atoms with van der Waals surface area (Å²) in [4.78, 5) is 25.1. The second-order valence-electron chi connectivity index (χ2n) is 6.97. The van der Waals surface area contributed by atoms with Gasteiger partial charge in [0.05, 0.1) is 10.4 Å². The number of ether oxygens (including phenoxy) is 1. The second kappa shape index (κ2) is 11.4.